The van der Waals surface area contributed by atoms with Gasteiger partial charge in [0.2, 0.25) is 11.6 Å². The highest BCUT2D eigenvalue weighted by molar-refractivity contribution is 5.70. The first-order chi connectivity index (χ1) is 13.3. The van der Waals surface area contributed by atoms with E-state index in [1.807, 2.05) is 31.7 Å². The topological polar surface area (TPSA) is 96.2 Å². The molecule has 28 heavy (non-hydrogen) atoms. The van der Waals surface area contributed by atoms with Crippen molar-refractivity contribution in [3.8, 4) is 0 Å². The molecule has 1 aromatic carbocycles. The van der Waals surface area contributed by atoms with Crippen LogP contribution in [0, 0.1) is 16.0 Å². The number of hydrogen-bond donors (Lipinski definition) is 2. The number of piperidine rings is 1. The first kappa shape index (κ1) is 20.0. The fourth-order valence-electron chi connectivity index (χ4n) is 3.40. The average molecular weight is 384 g/mol. The van der Waals surface area contributed by atoms with Gasteiger partial charge in [-0.1, -0.05) is 30.3 Å². The summed E-state index contributed by atoms with van der Waals surface area (Å²) in [4.78, 5) is 21.7. The molecule has 0 saturated carbocycles. The molecule has 2 aromatic rings. The second kappa shape index (κ2) is 8.52. The van der Waals surface area contributed by atoms with E-state index in [4.69, 9.17) is 0 Å². The summed E-state index contributed by atoms with van der Waals surface area (Å²) < 4.78 is 0. The Bertz CT molecular complexity index is 798. The van der Waals surface area contributed by atoms with Crippen LogP contribution in [0.2, 0.25) is 0 Å². The fourth-order valence-corrected chi connectivity index (χ4v) is 3.40. The fraction of sp³-hybridized carbons (Fsp3) is 0.500. The Hall–Kier alpha value is -2.74. The maximum atomic E-state index is 11.7. The average Bonchev–Trinajstić information content (AvgIpc) is 2.67. The lowest BCUT2D eigenvalue weighted by Gasteiger charge is -2.32. The summed E-state index contributed by atoms with van der Waals surface area (Å²) in [6.45, 7) is 7.39. The van der Waals surface area contributed by atoms with Gasteiger partial charge in [-0.15, -0.1) is 0 Å². The minimum absolute atomic E-state index is 0.0826. The van der Waals surface area contributed by atoms with Gasteiger partial charge in [-0.05, 0) is 51.5 Å². The van der Waals surface area contributed by atoms with E-state index in [1.54, 1.807) is 0 Å². The summed E-state index contributed by atoms with van der Waals surface area (Å²) in [5.74, 6) is 1.16. The van der Waals surface area contributed by atoms with E-state index in [-0.39, 0.29) is 17.0 Å². The molecular formula is C20H28N6O2. The molecule has 8 heteroatoms. The van der Waals surface area contributed by atoms with Crippen molar-refractivity contribution >= 4 is 17.3 Å². The minimum atomic E-state index is -0.405. The Labute approximate surface area is 165 Å². The predicted octanol–water partition coefficient (Wildman–Crippen LogP) is 3.56. The van der Waals surface area contributed by atoms with Crippen LogP contribution in [0.25, 0.3) is 0 Å². The lowest BCUT2D eigenvalue weighted by molar-refractivity contribution is -0.383. The molecule has 3 rings (SSSR count). The molecule has 8 nitrogen and oxygen atoms in total. The summed E-state index contributed by atoms with van der Waals surface area (Å²) in [6, 6.07) is 10.5. The molecule has 0 unspecified atom stereocenters. The quantitative estimate of drug-likeness (QED) is 0.580. The van der Waals surface area contributed by atoms with Gasteiger partial charge in [-0.2, -0.15) is 0 Å². The minimum Gasteiger partial charge on any atom is -0.351 e. The number of nitrogens with one attached hydrogen (secondary N) is 2. The Kier molecular flexibility index (Phi) is 6.08. The summed E-state index contributed by atoms with van der Waals surface area (Å²) in [6.07, 6.45) is 4.39. The number of nitrogens with zero attached hydrogens (tertiary/aromatic N) is 4. The normalized spacial score (nSPS) is 15.5. The molecule has 0 bridgehead atoms. The number of hydrogen-bond acceptors (Lipinski definition) is 7. The number of anilines is 2. The van der Waals surface area contributed by atoms with Crippen LogP contribution in [0.5, 0.6) is 0 Å². The van der Waals surface area contributed by atoms with Crippen LogP contribution in [0.4, 0.5) is 17.3 Å². The van der Waals surface area contributed by atoms with Gasteiger partial charge in [0.05, 0.1) is 4.92 Å². The van der Waals surface area contributed by atoms with Gasteiger partial charge in [0.15, 0.2) is 0 Å². The molecule has 0 amide bonds. The highest BCUT2D eigenvalue weighted by Gasteiger charge is 2.30. The maximum absolute atomic E-state index is 11.7. The van der Waals surface area contributed by atoms with Crippen LogP contribution in [0.1, 0.15) is 39.2 Å². The Morgan fingerprint density at radius 1 is 1.18 bits per heavy atom. The van der Waals surface area contributed by atoms with Gasteiger partial charge in [-0.3, -0.25) is 15.5 Å². The van der Waals surface area contributed by atoms with Crippen molar-refractivity contribution in [3.05, 3.63) is 52.3 Å². The molecule has 1 aliphatic rings. The number of hydrazine groups is 1. The molecule has 0 radical (unpaired) electrons. The van der Waals surface area contributed by atoms with Crippen molar-refractivity contribution in [1.82, 2.24) is 15.4 Å². The van der Waals surface area contributed by atoms with Gasteiger partial charge < -0.3 is 4.90 Å². The van der Waals surface area contributed by atoms with Crippen LogP contribution >= 0.6 is 0 Å². The monoisotopic (exact) mass is 384 g/mol. The Balaban J connectivity index is 1.70. The van der Waals surface area contributed by atoms with Crippen LogP contribution in [-0.2, 0) is 6.42 Å². The van der Waals surface area contributed by atoms with Crippen molar-refractivity contribution < 1.29 is 4.92 Å². The lowest BCUT2D eigenvalue weighted by atomic mass is 9.90. The summed E-state index contributed by atoms with van der Waals surface area (Å²) in [7, 11) is 0. The molecule has 2 heterocycles. The van der Waals surface area contributed by atoms with E-state index in [2.05, 4.69) is 45.1 Å². The Morgan fingerprint density at radius 3 is 2.46 bits per heavy atom. The van der Waals surface area contributed by atoms with Crippen molar-refractivity contribution in [1.29, 1.82) is 0 Å². The van der Waals surface area contributed by atoms with Gasteiger partial charge in [0.1, 0.15) is 6.33 Å². The third-order valence-corrected chi connectivity index (χ3v) is 4.82. The first-order valence-corrected chi connectivity index (χ1v) is 9.65. The van der Waals surface area contributed by atoms with Gasteiger partial charge in [0, 0.05) is 18.6 Å². The van der Waals surface area contributed by atoms with E-state index in [0.29, 0.717) is 11.7 Å². The molecule has 1 fully saturated rings. The number of rotatable bonds is 6. The van der Waals surface area contributed by atoms with Crippen molar-refractivity contribution in [2.24, 2.45) is 5.92 Å². The molecule has 0 aliphatic carbocycles. The zero-order valence-electron chi connectivity index (χ0n) is 16.7. The smallest absolute Gasteiger partial charge is 0.351 e. The van der Waals surface area contributed by atoms with Crippen molar-refractivity contribution in [3.63, 3.8) is 0 Å². The largest absolute Gasteiger partial charge is 0.354 e. The molecule has 1 saturated heterocycles. The number of aromatic nitrogens is 2. The Morgan fingerprint density at radius 2 is 1.86 bits per heavy atom. The first-order valence-electron chi connectivity index (χ1n) is 9.65. The van der Waals surface area contributed by atoms with Crippen molar-refractivity contribution in [2.45, 2.75) is 45.6 Å². The van der Waals surface area contributed by atoms with E-state index >= 15 is 0 Å². The van der Waals surface area contributed by atoms with Crippen LogP contribution in [-0.4, -0.2) is 33.5 Å². The van der Waals surface area contributed by atoms with Crippen LogP contribution in [0.3, 0.4) is 0 Å². The molecular weight excluding hydrogens is 356 g/mol. The maximum Gasteiger partial charge on any atom is 0.354 e. The zero-order valence-corrected chi connectivity index (χ0v) is 16.7. The number of benzene rings is 1. The van der Waals surface area contributed by atoms with Crippen LogP contribution < -0.4 is 15.8 Å². The summed E-state index contributed by atoms with van der Waals surface area (Å²) in [5.41, 5.74) is 6.92. The van der Waals surface area contributed by atoms with Crippen LogP contribution in [0.15, 0.2) is 36.7 Å². The second-order valence-electron chi connectivity index (χ2n) is 8.27. The van der Waals surface area contributed by atoms with E-state index < -0.39 is 4.92 Å². The second-order valence-corrected chi connectivity index (χ2v) is 8.27. The standard InChI is InChI=1S/C20H28N6O2/c1-20(2,3)24-23-18-17(26(27)28)19(22-14-21-18)25-11-9-16(10-12-25)13-15-7-5-4-6-8-15/h4-8,14,16,24H,9-13H2,1-3H3,(H,21,22,23). The van der Waals surface area contributed by atoms with E-state index in [0.717, 1.165) is 32.4 Å². The van der Waals surface area contributed by atoms with E-state index in [9.17, 15) is 10.1 Å². The molecule has 150 valence electrons. The molecule has 1 aromatic heterocycles. The third-order valence-electron chi connectivity index (χ3n) is 4.82. The van der Waals surface area contributed by atoms with Crippen molar-refractivity contribution in [2.75, 3.05) is 23.4 Å². The molecule has 1 aliphatic heterocycles. The highest BCUT2D eigenvalue weighted by atomic mass is 16.6. The van der Waals surface area contributed by atoms with Gasteiger partial charge in [-0.25, -0.2) is 15.4 Å². The third kappa shape index (κ3) is 5.16. The zero-order chi connectivity index (χ0) is 20.1. The summed E-state index contributed by atoms with van der Waals surface area (Å²) >= 11 is 0. The van der Waals surface area contributed by atoms with Gasteiger partial charge in [0.25, 0.3) is 0 Å². The lowest BCUT2D eigenvalue weighted by Crippen LogP contribution is -2.41. The molecule has 0 spiro atoms. The predicted molar refractivity (Wildman–Crippen MR) is 110 cm³/mol. The highest BCUT2D eigenvalue weighted by Crippen LogP contribution is 2.34. The van der Waals surface area contributed by atoms with E-state index in [1.165, 1.54) is 11.9 Å². The summed E-state index contributed by atoms with van der Waals surface area (Å²) in [5, 5.41) is 11.7. The molecule has 2 N–H and O–H groups in total. The SMILES string of the molecule is CC(C)(C)NNc1ncnc(N2CCC(Cc3ccccc3)CC2)c1[N+](=O)[O-]. The van der Waals surface area contributed by atoms with Gasteiger partial charge >= 0.3 is 5.69 Å². The molecule has 0 atom stereocenters. The number of nitro groups is 1.